The zero-order chi connectivity index (χ0) is 29.3. The zero-order valence-electron chi connectivity index (χ0n) is 23.7. The second-order valence-corrected chi connectivity index (χ2v) is 10.8. The second kappa shape index (κ2) is 14.0. The van der Waals surface area contributed by atoms with Crippen molar-refractivity contribution in [2.75, 3.05) is 13.2 Å². The third-order valence-corrected chi connectivity index (χ3v) is 7.37. The van der Waals surface area contributed by atoms with E-state index < -0.39 is 0 Å². The number of hydrogen-bond acceptors (Lipinski definition) is 5. The predicted octanol–water partition coefficient (Wildman–Crippen LogP) is 7.01. The first-order chi connectivity index (χ1) is 20.5. The minimum atomic E-state index is 0.00911. The van der Waals surface area contributed by atoms with Gasteiger partial charge in [-0.1, -0.05) is 91.2 Å². The van der Waals surface area contributed by atoms with Gasteiger partial charge in [0.05, 0.1) is 23.0 Å². The smallest absolute Gasteiger partial charge is 0.219 e. The summed E-state index contributed by atoms with van der Waals surface area (Å²) in [6.07, 6.45) is 6.78. The number of rotatable bonds is 13. The van der Waals surface area contributed by atoms with Crippen molar-refractivity contribution in [3.63, 3.8) is 0 Å². The van der Waals surface area contributed by atoms with Crippen LogP contribution in [0.5, 0.6) is 11.6 Å². The highest BCUT2D eigenvalue weighted by molar-refractivity contribution is 6.32. The Labute approximate surface area is 251 Å². The standard InChI is InChI=1S/C34H35ClN4O3/c1-24(40)36-18-10-2-3-11-19-42-32-17-16-26(20-28(32)35)22-30-34(41)39-23-31(27-14-8-5-9-15-27)37-29(33(39)38-30)21-25-12-6-4-7-13-25/h4-9,12-17,20,23,41H,2-3,10-11,18-19,21-22H2,1H3,(H,36,40). The van der Waals surface area contributed by atoms with Crippen LogP contribution < -0.4 is 10.1 Å². The molecule has 0 bridgehead atoms. The summed E-state index contributed by atoms with van der Waals surface area (Å²) in [5.41, 5.74) is 5.76. The Morgan fingerprint density at radius 3 is 2.33 bits per heavy atom. The van der Waals surface area contributed by atoms with Gasteiger partial charge in [0.1, 0.15) is 11.4 Å². The van der Waals surface area contributed by atoms with Gasteiger partial charge < -0.3 is 15.2 Å². The SMILES string of the molecule is CC(=O)NCCCCCCOc1ccc(Cc2nc3c(Cc4ccccc4)nc(-c4ccccc4)cn3c2O)cc1Cl. The van der Waals surface area contributed by atoms with E-state index in [-0.39, 0.29) is 11.8 Å². The largest absolute Gasteiger partial charge is 0.493 e. The Kier molecular flexibility index (Phi) is 9.72. The average molecular weight is 583 g/mol. The average Bonchev–Trinajstić information content (AvgIpc) is 3.31. The molecule has 5 rings (SSSR count). The summed E-state index contributed by atoms with van der Waals surface area (Å²) in [6.45, 7) is 2.82. The number of carbonyl (C=O) groups excluding carboxylic acids is 1. The van der Waals surface area contributed by atoms with Gasteiger partial charge in [-0.3, -0.25) is 9.20 Å². The third kappa shape index (κ3) is 7.47. The molecule has 0 atom stereocenters. The normalized spacial score (nSPS) is 11.1. The van der Waals surface area contributed by atoms with Crippen molar-refractivity contribution in [1.82, 2.24) is 19.7 Å². The lowest BCUT2D eigenvalue weighted by atomic mass is 10.1. The van der Waals surface area contributed by atoms with Crippen LogP contribution in [0.2, 0.25) is 5.02 Å². The molecule has 0 saturated carbocycles. The van der Waals surface area contributed by atoms with Crippen LogP contribution in [0.1, 0.15) is 55.1 Å². The summed E-state index contributed by atoms with van der Waals surface area (Å²) in [5.74, 6) is 0.739. The van der Waals surface area contributed by atoms with E-state index in [4.69, 9.17) is 26.3 Å². The number of halogens is 1. The van der Waals surface area contributed by atoms with E-state index in [0.717, 1.165) is 53.8 Å². The summed E-state index contributed by atoms with van der Waals surface area (Å²) < 4.78 is 7.64. The molecule has 0 fully saturated rings. The number of ether oxygens (including phenoxy) is 1. The Hall–Kier alpha value is -4.36. The minimum absolute atomic E-state index is 0.00911. The molecule has 2 N–H and O–H groups in total. The minimum Gasteiger partial charge on any atom is -0.493 e. The number of fused-ring (bicyclic) bond motifs is 1. The van der Waals surface area contributed by atoms with Gasteiger partial charge in [-0.15, -0.1) is 0 Å². The summed E-state index contributed by atoms with van der Waals surface area (Å²) in [7, 11) is 0. The summed E-state index contributed by atoms with van der Waals surface area (Å²) in [5, 5.41) is 14.6. The van der Waals surface area contributed by atoms with Crippen molar-refractivity contribution >= 4 is 23.2 Å². The van der Waals surface area contributed by atoms with Crippen molar-refractivity contribution in [2.24, 2.45) is 0 Å². The van der Waals surface area contributed by atoms with Crippen LogP contribution in [0.25, 0.3) is 16.9 Å². The number of nitrogens with zero attached hydrogens (tertiary/aromatic N) is 3. The molecule has 2 aromatic heterocycles. The van der Waals surface area contributed by atoms with Crippen molar-refractivity contribution in [3.05, 3.63) is 113 Å². The molecular weight excluding hydrogens is 548 g/mol. The van der Waals surface area contributed by atoms with Crippen molar-refractivity contribution < 1.29 is 14.6 Å². The molecule has 1 amide bonds. The van der Waals surface area contributed by atoms with Gasteiger partial charge in [-0.2, -0.15) is 0 Å². The molecule has 2 heterocycles. The van der Waals surface area contributed by atoms with Gasteiger partial charge >= 0.3 is 0 Å². The van der Waals surface area contributed by atoms with Crippen LogP contribution in [-0.4, -0.2) is 38.5 Å². The number of nitrogens with one attached hydrogen (secondary N) is 1. The molecule has 42 heavy (non-hydrogen) atoms. The van der Waals surface area contributed by atoms with E-state index in [2.05, 4.69) is 17.4 Å². The van der Waals surface area contributed by atoms with E-state index in [0.29, 0.717) is 48.1 Å². The maximum Gasteiger partial charge on any atom is 0.219 e. The van der Waals surface area contributed by atoms with Crippen LogP contribution in [0, 0.1) is 0 Å². The fourth-order valence-corrected chi connectivity index (χ4v) is 5.17. The quantitative estimate of drug-likeness (QED) is 0.146. The Balaban J connectivity index is 1.30. The summed E-state index contributed by atoms with van der Waals surface area (Å²) in [6, 6.07) is 25.8. The summed E-state index contributed by atoms with van der Waals surface area (Å²) >= 11 is 6.57. The molecule has 7 nitrogen and oxygen atoms in total. The lowest BCUT2D eigenvalue weighted by Gasteiger charge is -2.09. The molecule has 0 radical (unpaired) electrons. The number of imidazole rings is 1. The number of carbonyl (C=O) groups is 1. The van der Waals surface area contributed by atoms with Gasteiger partial charge in [0, 0.05) is 38.1 Å². The van der Waals surface area contributed by atoms with Gasteiger partial charge in [-0.25, -0.2) is 9.97 Å². The molecule has 0 spiro atoms. The first kappa shape index (κ1) is 29.1. The molecular formula is C34H35ClN4O3. The Morgan fingerprint density at radius 1 is 0.881 bits per heavy atom. The van der Waals surface area contributed by atoms with E-state index in [1.165, 1.54) is 6.92 Å². The van der Waals surface area contributed by atoms with Crippen LogP contribution >= 0.6 is 11.6 Å². The van der Waals surface area contributed by atoms with Gasteiger partial charge in [-0.05, 0) is 36.1 Å². The third-order valence-electron chi connectivity index (χ3n) is 7.07. The molecule has 5 aromatic rings. The first-order valence-electron chi connectivity index (χ1n) is 14.3. The van der Waals surface area contributed by atoms with Crippen LogP contribution in [0.3, 0.4) is 0 Å². The Morgan fingerprint density at radius 2 is 1.60 bits per heavy atom. The van der Waals surface area contributed by atoms with Crippen molar-refractivity contribution in [2.45, 2.75) is 45.4 Å². The number of aromatic hydroxyl groups is 1. The fraction of sp³-hybridized carbons (Fsp3) is 0.265. The molecule has 0 aliphatic heterocycles. The van der Waals surface area contributed by atoms with Gasteiger partial charge in [0.25, 0.3) is 0 Å². The second-order valence-electron chi connectivity index (χ2n) is 10.4. The highest BCUT2D eigenvalue weighted by Gasteiger charge is 2.18. The van der Waals surface area contributed by atoms with E-state index in [1.807, 2.05) is 72.9 Å². The predicted molar refractivity (Wildman–Crippen MR) is 166 cm³/mol. The number of benzene rings is 3. The van der Waals surface area contributed by atoms with Crippen LogP contribution in [-0.2, 0) is 17.6 Å². The number of hydrogen-bond donors (Lipinski definition) is 2. The highest BCUT2D eigenvalue weighted by Crippen LogP contribution is 2.31. The van der Waals surface area contributed by atoms with E-state index >= 15 is 0 Å². The van der Waals surface area contributed by atoms with Crippen molar-refractivity contribution in [1.29, 1.82) is 0 Å². The maximum absolute atomic E-state index is 11.3. The van der Waals surface area contributed by atoms with E-state index in [9.17, 15) is 9.90 Å². The number of aromatic nitrogens is 3. The van der Waals surface area contributed by atoms with Crippen LogP contribution in [0.15, 0.2) is 85.1 Å². The topological polar surface area (TPSA) is 88.8 Å². The van der Waals surface area contributed by atoms with Crippen molar-refractivity contribution in [3.8, 4) is 22.9 Å². The molecule has 0 aliphatic rings. The molecule has 0 unspecified atom stereocenters. The molecule has 0 saturated heterocycles. The first-order valence-corrected chi connectivity index (χ1v) is 14.7. The highest BCUT2D eigenvalue weighted by atomic mass is 35.5. The maximum atomic E-state index is 11.3. The molecule has 216 valence electrons. The Bertz CT molecular complexity index is 1640. The van der Waals surface area contributed by atoms with Gasteiger partial charge in [0.15, 0.2) is 5.65 Å². The molecule has 3 aromatic carbocycles. The number of amides is 1. The van der Waals surface area contributed by atoms with Crippen LogP contribution in [0.4, 0.5) is 0 Å². The summed E-state index contributed by atoms with van der Waals surface area (Å²) in [4.78, 5) is 20.7. The monoisotopic (exact) mass is 582 g/mol. The molecule has 0 aliphatic carbocycles. The fourth-order valence-electron chi connectivity index (χ4n) is 4.91. The zero-order valence-corrected chi connectivity index (χ0v) is 24.5. The lowest BCUT2D eigenvalue weighted by Crippen LogP contribution is -2.20. The number of unbranched alkanes of at least 4 members (excludes halogenated alkanes) is 3. The molecule has 8 heteroatoms. The van der Waals surface area contributed by atoms with E-state index in [1.54, 1.807) is 4.40 Å². The van der Waals surface area contributed by atoms with Gasteiger partial charge in [0.2, 0.25) is 11.8 Å². The lowest BCUT2D eigenvalue weighted by molar-refractivity contribution is -0.118.